The maximum atomic E-state index is 12.4. The minimum absolute atomic E-state index is 0.000283. The molecular weight excluding hydrogens is 256 g/mol. The molecule has 0 bridgehead atoms. The molecule has 1 saturated heterocycles. The first-order valence-electron chi connectivity index (χ1n) is 7.09. The second-order valence-electron chi connectivity index (χ2n) is 5.49. The lowest BCUT2D eigenvalue weighted by molar-refractivity contribution is 0.0490. The number of carbonyl (C=O) groups is 1. The number of nitrogens with zero attached hydrogens (tertiary/aromatic N) is 4. The molecule has 0 atom stereocenters. The first kappa shape index (κ1) is 11.7. The van der Waals surface area contributed by atoms with Gasteiger partial charge in [0.15, 0.2) is 5.69 Å². The van der Waals surface area contributed by atoms with Crippen LogP contribution in [0.3, 0.4) is 0 Å². The van der Waals surface area contributed by atoms with E-state index in [0.717, 1.165) is 37.0 Å². The Bertz CT molecular complexity index is 626. The fourth-order valence-electron chi connectivity index (χ4n) is 2.99. The number of amides is 1. The Kier molecular flexibility index (Phi) is 2.61. The van der Waals surface area contributed by atoms with Gasteiger partial charge < -0.3 is 9.42 Å². The van der Waals surface area contributed by atoms with E-state index in [1.807, 2.05) is 21.8 Å². The van der Waals surface area contributed by atoms with E-state index in [1.165, 1.54) is 0 Å². The van der Waals surface area contributed by atoms with E-state index in [-0.39, 0.29) is 11.9 Å². The van der Waals surface area contributed by atoms with E-state index >= 15 is 0 Å². The van der Waals surface area contributed by atoms with Gasteiger partial charge in [-0.2, -0.15) is 5.10 Å². The molecular formula is C14H16N4O2. The molecule has 0 aromatic carbocycles. The molecule has 3 heterocycles. The second-order valence-corrected chi connectivity index (χ2v) is 5.49. The molecule has 0 saturated carbocycles. The fraction of sp³-hybridized carbons (Fsp3) is 0.500. The zero-order chi connectivity index (χ0) is 13.5. The molecule has 1 amide bonds. The van der Waals surface area contributed by atoms with Crippen LogP contribution in [0.15, 0.2) is 23.0 Å². The van der Waals surface area contributed by atoms with Crippen LogP contribution in [0.4, 0.5) is 0 Å². The van der Waals surface area contributed by atoms with Crippen molar-refractivity contribution in [1.82, 2.24) is 19.8 Å². The van der Waals surface area contributed by atoms with Crippen molar-refractivity contribution < 1.29 is 9.32 Å². The summed E-state index contributed by atoms with van der Waals surface area (Å²) in [4.78, 5) is 14.3. The number of fused-ring (bicyclic) bond motifs is 1. The summed E-state index contributed by atoms with van der Waals surface area (Å²) in [6.45, 7) is 1.39. The number of rotatable bonds is 2. The summed E-state index contributed by atoms with van der Waals surface area (Å²) in [7, 11) is 0. The van der Waals surface area contributed by atoms with Gasteiger partial charge in [-0.3, -0.25) is 9.48 Å². The van der Waals surface area contributed by atoms with Crippen molar-refractivity contribution in [2.24, 2.45) is 0 Å². The number of hydrogen-bond donors (Lipinski definition) is 0. The number of aryl methyl sites for hydroxylation is 1. The Morgan fingerprint density at radius 3 is 2.95 bits per heavy atom. The topological polar surface area (TPSA) is 64.2 Å². The number of likely N-dealkylation sites (tertiary alicyclic amines) is 1. The van der Waals surface area contributed by atoms with Gasteiger partial charge in [-0.05, 0) is 25.3 Å². The summed E-state index contributed by atoms with van der Waals surface area (Å²) in [5.41, 5.74) is 1.56. The fourth-order valence-corrected chi connectivity index (χ4v) is 2.99. The molecule has 6 nitrogen and oxygen atoms in total. The van der Waals surface area contributed by atoms with E-state index < -0.39 is 0 Å². The lowest BCUT2D eigenvalue weighted by Crippen LogP contribution is -2.51. The molecule has 0 spiro atoms. The Hall–Kier alpha value is -2.11. The number of aromatic nitrogens is 3. The van der Waals surface area contributed by atoms with Gasteiger partial charge in [0.25, 0.3) is 5.91 Å². The predicted octanol–water partition coefficient (Wildman–Crippen LogP) is 1.45. The van der Waals surface area contributed by atoms with Crippen LogP contribution in [0.25, 0.3) is 0 Å². The average Bonchev–Trinajstić information content (AvgIpc) is 3.05. The molecule has 0 radical (unpaired) electrons. The summed E-state index contributed by atoms with van der Waals surface area (Å²) < 4.78 is 7.22. The maximum absolute atomic E-state index is 12.4. The van der Waals surface area contributed by atoms with Gasteiger partial charge in [0, 0.05) is 37.5 Å². The highest BCUT2D eigenvalue weighted by Crippen LogP contribution is 2.28. The third-order valence-corrected chi connectivity index (χ3v) is 4.20. The number of carbonyl (C=O) groups excluding carboxylic acids is 1. The van der Waals surface area contributed by atoms with Crippen molar-refractivity contribution in [2.75, 3.05) is 13.1 Å². The number of hydrogen-bond acceptors (Lipinski definition) is 4. The largest absolute Gasteiger partial charge is 0.360 e. The summed E-state index contributed by atoms with van der Waals surface area (Å²) >= 11 is 0. The normalized spacial score (nSPS) is 18.7. The van der Waals surface area contributed by atoms with Gasteiger partial charge in [0.1, 0.15) is 5.76 Å². The van der Waals surface area contributed by atoms with E-state index in [0.29, 0.717) is 18.8 Å². The van der Waals surface area contributed by atoms with Crippen LogP contribution < -0.4 is 0 Å². The SMILES string of the molecule is O=C(c1noc2c1CCCC2)N1CC(n2cccn2)C1. The van der Waals surface area contributed by atoms with Gasteiger partial charge >= 0.3 is 0 Å². The third-order valence-electron chi connectivity index (χ3n) is 4.20. The van der Waals surface area contributed by atoms with Crippen LogP contribution in [0.1, 0.15) is 40.7 Å². The standard InChI is InChI=1S/C14H16N4O2/c19-14(13-11-4-1-2-5-12(11)20-16-13)17-8-10(9-17)18-7-3-6-15-18/h3,6-7,10H,1-2,4-5,8-9H2. The molecule has 2 aromatic heterocycles. The molecule has 2 aromatic rings. The highest BCUT2D eigenvalue weighted by Gasteiger charge is 2.36. The van der Waals surface area contributed by atoms with E-state index in [4.69, 9.17) is 4.52 Å². The van der Waals surface area contributed by atoms with Crippen molar-refractivity contribution in [3.05, 3.63) is 35.5 Å². The van der Waals surface area contributed by atoms with Crippen LogP contribution in [-0.2, 0) is 12.8 Å². The van der Waals surface area contributed by atoms with Crippen LogP contribution in [-0.4, -0.2) is 38.8 Å². The third kappa shape index (κ3) is 1.75. The Morgan fingerprint density at radius 1 is 1.30 bits per heavy atom. The molecule has 4 rings (SSSR count). The first-order chi connectivity index (χ1) is 9.83. The van der Waals surface area contributed by atoms with Crippen molar-refractivity contribution in [3.63, 3.8) is 0 Å². The molecule has 6 heteroatoms. The first-order valence-corrected chi connectivity index (χ1v) is 7.09. The van der Waals surface area contributed by atoms with Crippen LogP contribution in [0, 0.1) is 0 Å². The molecule has 1 aliphatic heterocycles. The van der Waals surface area contributed by atoms with Gasteiger partial charge in [-0.25, -0.2) is 0 Å². The molecule has 1 fully saturated rings. The lowest BCUT2D eigenvalue weighted by atomic mass is 9.95. The average molecular weight is 272 g/mol. The second kappa shape index (κ2) is 4.47. The van der Waals surface area contributed by atoms with E-state index in [9.17, 15) is 4.79 Å². The summed E-state index contributed by atoms with van der Waals surface area (Å²) in [6, 6.07) is 2.19. The monoisotopic (exact) mass is 272 g/mol. The zero-order valence-electron chi connectivity index (χ0n) is 11.2. The van der Waals surface area contributed by atoms with E-state index in [2.05, 4.69) is 10.3 Å². The van der Waals surface area contributed by atoms with Gasteiger partial charge in [0.2, 0.25) is 0 Å². The van der Waals surface area contributed by atoms with Crippen molar-refractivity contribution >= 4 is 5.91 Å². The molecule has 2 aliphatic rings. The summed E-state index contributed by atoms with van der Waals surface area (Å²) in [5, 5.41) is 8.21. The Balaban J connectivity index is 1.48. The highest BCUT2D eigenvalue weighted by molar-refractivity contribution is 5.94. The Labute approximate surface area is 116 Å². The van der Waals surface area contributed by atoms with E-state index in [1.54, 1.807) is 6.20 Å². The van der Waals surface area contributed by atoms with Gasteiger partial charge in [-0.1, -0.05) is 5.16 Å². The van der Waals surface area contributed by atoms with Gasteiger partial charge in [-0.15, -0.1) is 0 Å². The molecule has 1 aliphatic carbocycles. The van der Waals surface area contributed by atoms with Gasteiger partial charge in [0.05, 0.1) is 6.04 Å². The lowest BCUT2D eigenvalue weighted by Gasteiger charge is -2.38. The minimum atomic E-state index is 0.000283. The maximum Gasteiger partial charge on any atom is 0.276 e. The molecule has 0 unspecified atom stereocenters. The summed E-state index contributed by atoms with van der Waals surface area (Å²) in [5.74, 6) is 0.907. The van der Waals surface area contributed by atoms with Crippen molar-refractivity contribution in [1.29, 1.82) is 0 Å². The highest BCUT2D eigenvalue weighted by atomic mass is 16.5. The smallest absolute Gasteiger partial charge is 0.276 e. The molecule has 104 valence electrons. The van der Waals surface area contributed by atoms with Crippen molar-refractivity contribution in [2.45, 2.75) is 31.7 Å². The quantitative estimate of drug-likeness (QED) is 0.830. The summed E-state index contributed by atoms with van der Waals surface area (Å²) in [6.07, 6.45) is 7.76. The van der Waals surface area contributed by atoms with Crippen LogP contribution in [0.2, 0.25) is 0 Å². The predicted molar refractivity (Wildman–Crippen MR) is 70.3 cm³/mol. The molecule has 20 heavy (non-hydrogen) atoms. The zero-order valence-corrected chi connectivity index (χ0v) is 11.2. The van der Waals surface area contributed by atoms with Crippen LogP contribution in [0.5, 0.6) is 0 Å². The van der Waals surface area contributed by atoms with Crippen molar-refractivity contribution in [3.8, 4) is 0 Å². The molecule has 0 N–H and O–H groups in total. The van der Waals surface area contributed by atoms with Crippen LogP contribution >= 0.6 is 0 Å². The Morgan fingerprint density at radius 2 is 2.15 bits per heavy atom. The minimum Gasteiger partial charge on any atom is -0.360 e.